The Morgan fingerprint density at radius 1 is 1.75 bits per heavy atom. The molecule has 1 aromatic heterocycles. The van der Waals surface area contributed by atoms with E-state index in [2.05, 4.69) is 17.3 Å². The molecule has 0 bridgehead atoms. The van der Waals surface area contributed by atoms with Gasteiger partial charge in [-0.3, -0.25) is 0 Å². The molecule has 1 aliphatic rings. The lowest BCUT2D eigenvalue weighted by Gasteiger charge is -2.11. The van der Waals surface area contributed by atoms with Gasteiger partial charge in [-0.1, -0.05) is 0 Å². The van der Waals surface area contributed by atoms with Gasteiger partial charge in [0, 0.05) is 12.6 Å². The quantitative estimate of drug-likeness (QED) is 0.791. The SMILES string of the molecule is CN1CCC(NCc2occc2C(=O)O)C1. The van der Waals surface area contributed by atoms with Gasteiger partial charge in [-0.2, -0.15) is 0 Å². The summed E-state index contributed by atoms with van der Waals surface area (Å²) < 4.78 is 5.16. The Morgan fingerprint density at radius 3 is 3.19 bits per heavy atom. The van der Waals surface area contributed by atoms with Gasteiger partial charge in [0.15, 0.2) is 0 Å². The summed E-state index contributed by atoms with van der Waals surface area (Å²) in [6.45, 7) is 2.57. The third-order valence-electron chi connectivity index (χ3n) is 2.92. The average molecular weight is 224 g/mol. The highest BCUT2D eigenvalue weighted by molar-refractivity contribution is 5.88. The number of carbonyl (C=O) groups is 1. The van der Waals surface area contributed by atoms with Gasteiger partial charge in [-0.15, -0.1) is 0 Å². The Morgan fingerprint density at radius 2 is 2.56 bits per heavy atom. The standard InChI is InChI=1S/C11H16N2O3/c1-13-4-2-8(7-13)12-6-10-9(11(14)15)3-5-16-10/h3,5,8,12H,2,4,6-7H2,1H3,(H,14,15). The molecule has 1 unspecified atom stereocenters. The van der Waals surface area contributed by atoms with E-state index in [1.54, 1.807) is 0 Å². The molecule has 2 N–H and O–H groups in total. The second kappa shape index (κ2) is 4.67. The van der Waals surface area contributed by atoms with Crippen LogP contribution in [0.25, 0.3) is 0 Å². The lowest BCUT2D eigenvalue weighted by atomic mass is 10.2. The Bertz CT molecular complexity index is 375. The van der Waals surface area contributed by atoms with Crippen molar-refractivity contribution in [2.45, 2.75) is 19.0 Å². The topological polar surface area (TPSA) is 65.7 Å². The number of carboxylic acid groups (broad SMARTS) is 1. The summed E-state index contributed by atoms with van der Waals surface area (Å²) in [6.07, 6.45) is 2.51. The minimum absolute atomic E-state index is 0.249. The number of likely N-dealkylation sites (N-methyl/N-ethyl adjacent to an activating group) is 1. The van der Waals surface area contributed by atoms with Crippen LogP contribution in [0.5, 0.6) is 0 Å². The molecule has 0 spiro atoms. The largest absolute Gasteiger partial charge is 0.478 e. The lowest BCUT2D eigenvalue weighted by Crippen LogP contribution is -2.31. The zero-order chi connectivity index (χ0) is 11.5. The number of nitrogens with one attached hydrogen (secondary N) is 1. The summed E-state index contributed by atoms with van der Waals surface area (Å²) in [4.78, 5) is 13.1. The van der Waals surface area contributed by atoms with Crippen LogP contribution in [0, 0.1) is 0 Å². The second-order valence-electron chi connectivity index (χ2n) is 4.19. The Balaban J connectivity index is 1.89. The van der Waals surface area contributed by atoms with E-state index < -0.39 is 5.97 Å². The van der Waals surface area contributed by atoms with Gasteiger partial charge >= 0.3 is 5.97 Å². The Hall–Kier alpha value is -1.33. The fourth-order valence-electron chi connectivity index (χ4n) is 2.01. The maximum absolute atomic E-state index is 10.8. The summed E-state index contributed by atoms with van der Waals surface area (Å²) in [6, 6.07) is 1.91. The summed E-state index contributed by atoms with van der Waals surface area (Å²) in [5, 5.41) is 12.2. The van der Waals surface area contributed by atoms with Crippen LogP contribution in [-0.2, 0) is 6.54 Å². The average Bonchev–Trinajstić information content (AvgIpc) is 2.83. The molecular formula is C11H16N2O3. The van der Waals surface area contributed by atoms with E-state index in [1.807, 2.05) is 0 Å². The van der Waals surface area contributed by atoms with Gasteiger partial charge in [0.25, 0.3) is 0 Å². The molecule has 1 fully saturated rings. The van der Waals surface area contributed by atoms with Crippen LogP contribution in [0.1, 0.15) is 22.5 Å². The molecule has 88 valence electrons. The molecule has 1 saturated heterocycles. The van der Waals surface area contributed by atoms with Crippen LogP contribution in [0.4, 0.5) is 0 Å². The molecule has 2 heterocycles. The van der Waals surface area contributed by atoms with Gasteiger partial charge in [0.05, 0.1) is 12.8 Å². The van der Waals surface area contributed by atoms with E-state index >= 15 is 0 Å². The van der Waals surface area contributed by atoms with Crippen molar-refractivity contribution in [1.29, 1.82) is 0 Å². The molecule has 5 heteroatoms. The van der Waals surface area contributed by atoms with Gasteiger partial charge < -0.3 is 19.7 Å². The maximum Gasteiger partial charge on any atom is 0.339 e. The minimum atomic E-state index is -0.936. The molecule has 2 rings (SSSR count). The molecule has 5 nitrogen and oxygen atoms in total. The van der Waals surface area contributed by atoms with E-state index in [0.29, 0.717) is 18.3 Å². The Kier molecular flexibility index (Phi) is 3.26. The highest BCUT2D eigenvalue weighted by atomic mass is 16.4. The van der Waals surface area contributed by atoms with Crippen molar-refractivity contribution in [3.8, 4) is 0 Å². The molecule has 16 heavy (non-hydrogen) atoms. The number of aromatic carboxylic acids is 1. The van der Waals surface area contributed by atoms with Crippen molar-refractivity contribution in [3.63, 3.8) is 0 Å². The smallest absolute Gasteiger partial charge is 0.339 e. The molecule has 0 radical (unpaired) electrons. The first kappa shape index (κ1) is 11.2. The highest BCUT2D eigenvalue weighted by Crippen LogP contribution is 2.12. The zero-order valence-electron chi connectivity index (χ0n) is 9.27. The molecule has 0 amide bonds. The molecule has 1 atom stereocenters. The van der Waals surface area contributed by atoms with Crippen LogP contribution >= 0.6 is 0 Å². The molecular weight excluding hydrogens is 208 g/mol. The highest BCUT2D eigenvalue weighted by Gasteiger charge is 2.20. The summed E-state index contributed by atoms with van der Waals surface area (Å²) in [5.41, 5.74) is 0.249. The lowest BCUT2D eigenvalue weighted by molar-refractivity contribution is 0.0694. The number of likely N-dealkylation sites (tertiary alicyclic amines) is 1. The number of carboxylic acids is 1. The normalized spacial score (nSPS) is 21.4. The summed E-state index contributed by atoms with van der Waals surface area (Å²) in [7, 11) is 2.08. The number of furan rings is 1. The Labute approximate surface area is 94.0 Å². The van der Waals surface area contributed by atoms with Crippen molar-refractivity contribution in [3.05, 3.63) is 23.7 Å². The fraction of sp³-hybridized carbons (Fsp3) is 0.545. The van der Waals surface area contributed by atoms with E-state index in [-0.39, 0.29) is 5.56 Å². The molecule has 1 aliphatic heterocycles. The van der Waals surface area contributed by atoms with E-state index in [1.165, 1.54) is 12.3 Å². The summed E-state index contributed by atoms with van der Waals surface area (Å²) >= 11 is 0. The predicted molar refractivity (Wildman–Crippen MR) is 58.4 cm³/mol. The van der Waals surface area contributed by atoms with Gasteiger partial charge in [-0.05, 0) is 26.1 Å². The van der Waals surface area contributed by atoms with Crippen molar-refractivity contribution < 1.29 is 14.3 Å². The van der Waals surface area contributed by atoms with Gasteiger partial charge in [-0.25, -0.2) is 4.79 Å². The van der Waals surface area contributed by atoms with Crippen LogP contribution in [0.15, 0.2) is 16.7 Å². The molecule has 0 aromatic carbocycles. The van der Waals surface area contributed by atoms with Gasteiger partial charge in [0.2, 0.25) is 0 Å². The predicted octanol–water partition coefficient (Wildman–Crippen LogP) is 0.771. The van der Waals surface area contributed by atoms with E-state index in [4.69, 9.17) is 9.52 Å². The van der Waals surface area contributed by atoms with Gasteiger partial charge in [0.1, 0.15) is 11.3 Å². The minimum Gasteiger partial charge on any atom is -0.478 e. The second-order valence-corrected chi connectivity index (χ2v) is 4.19. The van der Waals surface area contributed by atoms with Crippen molar-refractivity contribution in [1.82, 2.24) is 10.2 Å². The molecule has 0 aliphatic carbocycles. The van der Waals surface area contributed by atoms with Crippen LogP contribution < -0.4 is 5.32 Å². The first-order valence-electron chi connectivity index (χ1n) is 5.38. The van der Waals surface area contributed by atoms with Crippen molar-refractivity contribution in [2.24, 2.45) is 0 Å². The number of hydrogen-bond acceptors (Lipinski definition) is 4. The van der Waals surface area contributed by atoms with E-state index in [0.717, 1.165) is 19.5 Å². The third kappa shape index (κ3) is 2.43. The van der Waals surface area contributed by atoms with Crippen LogP contribution in [0.3, 0.4) is 0 Å². The first-order chi connectivity index (χ1) is 7.66. The zero-order valence-corrected chi connectivity index (χ0v) is 9.27. The van der Waals surface area contributed by atoms with Crippen molar-refractivity contribution >= 4 is 5.97 Å². The summed E-state index contributed by atoms with van der Waals surface area (Å²) in [5.74, 6) is -0.434. The van der Waals surface area contributed by atoms with Crippen molar-refractivity contribution in [2.75, 3.05) is 20.1 Å². The maximum atomic E-state index is 10.8. The third-order valence-corrected chi connectivity index (χ3v) is 2.92. The number of nitrogens with zero attached hydrogens (tertiary/aromatic N) is 1. The first-order valence-corrected chi connectivity index (χ1v) is 5.38. The molecule has 1 aromatic rings. The van der Waals surface area contributed by atoms with Crippen LogP contribution in [-0.4, -0.2) is 42.2 Å². The molecule has 0 saturated carbocycles. The number of rotatable bonds is 4. The van der Waals surface area contributed by atoms with Crippen LogP contribution in [0.2, 0.25) is 0 Å². The van der Waals surface area contributed by atoms with E-state index in [9.17, 15) is 4.79 Å². The fourth-order valence-corrected chi connectivity index (χ4v) is 2.01. The number of hydrogen-bond donors (Lipinski definition) is 2. The monoisotopic (exact) mass is 224 g/mol.